The Bertz CT molecular complexity index is 1290. The summed E-state index contributed by atoms with van der Waals surface area (Å²) in [5.74, 6) is 0.967. The van der Waals surface area contributed by atoms with Crippen molar-refractivity contribution in [1.29, 1.82) is 0 Å². The summed E-state index contributed by atoms with van der Waals surface area (Å²) >= 11 is 14.2. The van der Waals surface area contributed by atoms with Crippen molar-refractivity contribution in [3.05, 3.63) is 81.0 Å². The van der Waals surface area contributed by atoms with Crippen LogP contribution in [-0.4, -0.2) is 65.6 Å². The smallest absolute Gasteiger partial charge is 0.139 e. The Kier molecular flexibility index (Phi) is 9.49. The molecule has 2 fully saturated rings. The molecule has 1 aromatic heterocycles. The maximum atomic E-state index is 6.23. The van der Waals surface area contributed by atoms with Crippen LogP contribution in [-0.2, 0) is 0 Å². The van der Waals surface area contributed by atoms with Gasteiger partial charge in [-0.1, -0.05) is 54.0 Å². The van der Waals surface area contributed by atoms with E-state index in [9.17, 15) is 0 Å². The number of nitrogens with zero attached hydrogens (tertiary/aromatic N) is 3. The van der Waals surface area contributed by atoms with Crippen molar-refractivity contribution < 1.29 is 4.74 Å². The molecule has 2 aromatic carbocycles. The molecule has 4 atom stereocenters. The number of likely N-dealkylation sites (tertiary alicyclic amines) is 1. The van der Waals surface area contributed by atoms with Crippen LogP contribution in [0.25, 0.3) is 16.8 Å². The highest BCUT2D eigenvalue weighted by Gasteiger charge is 2.35. The molecule has 0 bridgehead atoms. The topological polar surface area (TPSA) is 19.0 Å². The van der Waals surface area contributed by atoms with E-state index in [2.05, 4.69) is 77.8 Å². The molecular formula is C33H41Cl2N3OS. The average Bonchev–Trinajstić information content (AvgIpc) is 3.40. The predicted molar refractivity (Wildman–Crippen MR) is 172 cm³/mol. The van der Waals surface area contributed by atoms with Crippen LogP contribution < -0.4 is 4.74 Å². The molecule has 2 saturated heterocycles. The second-order valence-electron chi connectivity index (χ2n) is 11.3. The van der Waals surface area contributed by atoms with Crippen molar-refractivity contribution in [2.45, 2.75) is 64.7 Å². The van der Waals surface area contributed by atoms with Crippen LogP contribution >= 0.6 is 34.5 Å². The summed E-state index contributed by atoms with van der Waals surface area (Å²) in [6.45, 7) is 18.6. The maximum absolute atomic E-state index is 6.23. The molecule has 2 aliphatic heterocycles. The van der Waals surface area contributed by atoms with Crippen molar-refractivity contribution in [2.75, 3.05) is 32.8 Å². The molecule has 5 rings (SSSR count). The first kappa shape index (κ1) is 29.5. The summed E-state index contributed by atoms with van der Waals surface area (Å²) in [5, 5.41) is 3.43. The zero-order valence-electron chi connectivity index (χ0n) is 24.1. The van der Waals surface area contributed by atoms with E-state index in [1.807, 2.05) is 19.1 Å². The molecule has 7 heteroatoms. The number of thiophene rings is 1. The zero-order valence-corrected chi connectivity index (χ0v) is 26.4. The average molecular weight is 599 g/mol. The van der Waals surface area contributed by atoms with Crippen molar-refractivity contribution in [3.63, 3.8) is 0 Å². The molecule has 214 valence electrons. The Labute approximate surface area is 254 Å². The van der Waals surface area contributed by atoms with E-state index in [-0.39, 0.29) is 0 Å². The number of hydrogen-bond donors (Lipinski definition) is 0. The molecule has 0 amide bonds. The molecule has 2 unspecified atom stereocenters. The number of hydrogen-bond acceptors (Lipinski definition) is 5. The van der Waals surface area contributed by atoms with E-state index in [0.29, 0.717) is 40.8 Å². The van der Waals surface area contributed by atoms with Gasteiger partial charge in [0.1, 0.15) is 5.75 Å². The molecule has 3 aromatic rings. The molecule has 0 aliphatic carbocycles. The lowest BCUT2D eigenvalue weighted by atomic mass is 9.94. The van der Waals surface area contributed by atoms with Crippen molar-refractivity contribution in [2.24, 2.45) is 0 Å². The number of benzene rings is 2. The second kappa shape index (κ2) is 12.9. The minimum Gasteiger partial charge on any atom is -0.492 e. The van der Waals surface area contributed by atoms with Crippen LogP contribution in [0, 0.1) is 0 Å². The van der Waals surface area contributed by atoms with Crippen LogP contribution in [0.3, 0.4) is 0 Å². The van der Waals surface area contributed by atoms with E-state index in [1.165, 1.54) is 23.3 Å². The van der Waals surface area contributed by atoms with Gasteiger partial charge in [-0.25, -0.2) is 0 Å². The van der Waals surface area contributed by atoms with Crippen LogP contribution in [0.4, 0.5) is 0 Å². The summed E-state index contributed by atoms with van der Waals surface area (Å²) in [7, 11) is 0. The highest BCUT2D eigenvalue weighted by Crippen LogP contribution is 2.37. The minimum absolute atomic E-state index is 0.364. The molecule has 0 spiro atoms. The Morgan fingerprint density at radius 3 is 2.38 bits per heavy atom. The lowest BCUT2D eigenvalue weighted by molar-refractivity contribution is 0.0111. The van der Waals surface area contributed by atoms with Crippen molar-refractivity contribution in [3.8, 4) is 16.9 Å². The van der Waals surface area contributed by atoms with Gasteiger partial charge in [-0.3, -0.25) is 9.80 Å². The summed E-state index contributed by atoms with van der Waals surface area (Å²) in [4.78, 5) is 9.07. The van der Waals surface area contributed by atoms with Gasteiger partial charge in [0, 0.05) is 60.4 Å². The van der Waals surface area contributed by atoms with Crippen LogP contribution in [0.15, 0.2) is 60.5 Å². The highest BCUT2D eigenvalue weighted by molar-refractivity contribution is 7.11. The van der Waals surface area contributed by atoms with Crippen LogP contribution in [0.1, 0.15) is 57.0 Å². The van der Waals surface area contributed by atoms with E-state index in [4.69, 9.17) is 27.9 Å². The Balaban J connectivity index is 1.17. The third kappa shape index (κ3) is 6.39. The number of rotatable bonds is 8. The van der Waals surface area contributed by atoms with Crippen LogP contribution in [0.2, 0.25) is 10.0 Å². The number of piperidine rings is 1. The SMILES string of the molecule is C=C(c1sccc1OCC)N1CCC(N2CCN([C@@H](C)c3ccc(-c4cc(Cl)cc(Cl)c4)cc3)[C@H](C)C2)CC1C. The quantitative estimate of drug-likeness (QED) is 0.258. The van der Waals surface area contributed by atoms with E-state index in [1.54, 1.807) is 17.4 Å². The fourth-order valence-electron chi connectivity index (χ4n) is 6.56. The van der Waals surface area contributed by atoms with Crippen molar-refractivity contribution >= 4 is 40.2 Å². The van der Waals surface area contributed by atoms with Gasteiger partial charge in [-0.15, -0.1) is 11.3 Å². The molecule has 0 radical (unpaired) electrons. The largest absolute Gasteiger partial charge is 0.492 e. The number of ether oxygens (including phenoxy) is 1. The van der Waals surface area contributed by atoms with Gasteiger partial charge in [0.2, 0.25) is 0 Å². The summed E-state index contributed by atoms with van der Waals surface area (Å²) in [5.41, 5.74) is 4.64. The van der Waals surface area contributed by atoms with Gasteiger partial charge in [-0.05, 0) is 86.9 Å². The standard InChI is InChI=1S/C33H41Cl2N3OS/c1-6-39-32-12-16-40-33(32)25(5)37-13-11-31(17-22(37)2)36-14-15-38(23(3)21-36)24(4)26-7-9-27(10-8-26)28-18-29(34)20-30(35)19-28/h7-10,12,16,18-20,22-24,31H,5-6,11,13-15,17,21H2,1-4H3/t22?,23-,24+,31?/m1/s1. The summed E-state index contributed by atoms with van der Waals surface area (Å²) in [6, 6.07) is 18.6. The first-order valence-corrected chi connectivity index (χ1v) is 16.1. The Morgan fingerprint density at radius 2 is 1.73 bits per heavy atom. The minimum atomic E-state index is 0.364. The first-order valence-electron chi connectivity index (χ1n) is 14.5. The van der Waals surface area contributed by atoms with E-state index in [0.717, 1.165) is 48.8 Å². The third-order valence-corrected chi connectivity index (χ3v) is 10.1. The van der Waals surface area contributed by atoms with E-state index < -0.39 is 0 Å². The lowest BCUT2D eigenvalue weighted by Crippen LogP contribution is -2.57. The molecule has 2 aliphatic rings. The monoisotopic (exact) mass is 597 g/mol. The lowest BCUT2D eigenvalue weighted by Gasteiger charge is -2.49. The predicted octanol–water partition coefficient (Wildman–Crippen LogP) is 8.71. The maximum Gasteiger partial charge on any atom is 0.139 e. The number of halogens is 2. The molecule has 40 heavy (non-hydrogen) atoms. The third-order valence-electron chi connectivity index (χ3n) is 8.70. The van der Waals surface area contributed by atoms with Gasteiger partial charge >= 0.3 is 0 Å². The Hall–Kier alpha value is -2.02. The van der Waals surface area contributed by atoms with Gasteiger partial charge in [-0.2, -0.15) is 0 Å². The number of piperazine rings is 1. The normalized spacial score (nSPS) is 23.2. The van der Waals surface area contributed by atoms with Gasteiger partial charge in [0.05, 0.1) is 17.2 Å². The zero-order chi connectivity index (χ0) is 28.4. The molecule has 0 N–H and O–H groups in total. The molecule has 4 nitrogen and oxygen atoms in total. The van der Waals surface area contributed by atoms with Gasteiger partial charge in [0.25, 0.3) is 0 Å². The summed E-state index contributed by atoms with van der Waals surface area (Å²) < 4.78 is 5.85. The highest BCUT2D eigenvalue weighted by atomic mass is 35.5. The van der Waals surface area contributed by atoms with E-state index >= 15 is 0 Å². The van der Waals surface area contributed by atoms with Gasteiger partial charge < -0.3 is 9.64 Å². The first-order chi connectivity index (χ1) is 19.2. The molecular weight excluding hydrogens is 557 g/mol. The second-order valence-corrected chi connectivity index (χ2v) is 13.0. The van der Waals surface area contributed by atoms with Gasteiger partial charge in [0.15, 0.2) is 0 Å². The Morgan fingerprint density at radius 1 is 1.00 bits per heavy atom. The molecule has 0 saturated carbocycles. The van der Waals surface area contributed by atoms with Crippen molar-refractivity contribution in [1.82, 2.24) is 14.7 Å². The summed E-state index contributed by atoms with van der Waals surface area (Å²) in [6.07, 6.45) is 2.35. The van der Waals surface area contributed by atoms with Crippen LogP contribution in [0.5, 0.6) is 5.75 Å². The molecule has 3 heterocycles. The fourth-order valence-corrected chi connectivity index (χ4v) is 7.91. The fraction of sp³-hybridized carbons (Fsp3) is 0.455.